The molecular formula is C23H27N5O2. The first kappa shape index (κ1) is 20.2. The number of hydrogen-bond donors (Lipinski definition) is 1. The summed E-state index contributed by atoms with van der Waals surface area (Å²) in [6, 6.07) is 9.21. The summed E-state index contributed by atoms with van der Waals surface area (Å²) in [5.41, 5.74) is 2.78. The van der Waals surface area contributed by atoms with E-state index in [4.69, 9.17) is 9.72 Å². The van der Waals surface area contributed by atoms with Crippen LogP contribution in [0.25, 0.3) is 11.4 Å². The maximum Gasteiger partial charge on any atom is 0.251 e. The van der Waals surface area contributed by atoms with Gasteiger partial charge in [0.2, 0.25) is 0 Å². The first-order chi connectivity index (χ1) is 14.6. The van der Waals surface area contributed by atoms with E-state index in [0.29, 0.717) is 11.7 Å². The third kappa shape index (κ3) is 4.74. The molecule has 0 radical (unpaired) electrons. The number of nitrogens with zero attached hydrogens (tertiary/aromatic N) is 4. The monoisotopic (exact) mass is 405 g/mol. The lowest BCUT2D eigenvalue weighted by molar-refractivity contribution is 0.203. The van der Waals surface area contributed by atoms with Gasteiger partial charge >= 0.3 is 0 Å². The first-order valence-electron chi connectivity index (χ1n) is 10.4. The Morgan fingerprint density at radius 2 is 1.83 bits per heavy atom. The lowest BCUT2D eigenvalue weighted by Gasteiger charge is -2.31. The van der Waals surface area contributed by atoms with Crippen LogP contribution in [-0.2, 0) is 13.0 Å². The normalized spacial score (nSPS) is 15.3. The van der Waals surface area contributed by atoms with Gasteiger partial charge in [0, 0.05) is 48.5 Å². The highest BCUT2D eigenvalue weighted by Gasteiger charge is 2.23. The average Bonchev–Trinajstić information content (AvgIpc) is 2.80. The molecule has 0 bridgehead atoms. The lowest BCUT2D eigenvalue weighted by Crippen LogP contribution is -2.33. The third-order valence-corrected chi connectivity index (χ3v) is 5.61. The molecule has 156 valence electrons. The van der Waals surface area contributed by atoms with Crippen molar-refractivity contribution in [2.45, 2.75) is 38.6 Å². The van der Waals surface area contributed by atoms with Crippen LogP contribution in [0.1, 0.15) is 42.8 Å². The van der Waals surface area contributed by atoms with Crippen molar-refractivity contribution >= 4 is 0 Å². The molecule has 1 aliphatic heterocycles. The van der Waals surface area contributed by atoms with E-state index in [9.17, 15) is 4.79 Å². The van der Waals surface area contributed by atoms with Crippen molar-refractivity contribution in [3.63, 3.8) is 0 Å². The topological polar surface area (TPSA) is 84.0 Å². The molecule has 0 amide bonds. The largest absolute Gasteiger partial charge is 0.497 e. The van der Waals surface area contributed by atoms with Gasteiger partial charge in [-0.1, -0.05) is 6.92 Å². The fraction of sp³-hybridized carbons (Fsp3) is 0.391. The molecule has 0 aliphatic carbocycles. The standard InChI is InChI=1S/C23H27N5O2/c1-3-21-24-13-16(14-25-21)15-28-10-8-17(9-11-28)20-12-22(29)27-23(26-20)18-4-6-19(30-2)7-5-18/h4-7,12-14,17H,3,8-11,15H2,1-2H3,(H,26,27,29). The minimum atomic E-state index is -0.110. The highest BCUT2D eigenvalue weighted by atomic mass is 16.5. The second-order valence-corrected chi connectivity index (χ2v) is 7.66. The molecule has 0 saturated carbocycles. The van der Waals surface area contributed by atoms with Crippen LogP contribution in [0.3, 0.4) is 0 Å². The van der Waals surface area contributed by atoms with Gasteiger partial charge in [-0.3, -0.25) is 9.69 Å². The Balaban J connectivity index is 1.42. The van der Waals surface area contributed by atoms with Gasteiger partial charge in [0.25, 0.3) is 5.56 Å². The van der Waals surface area contributed by atoms with Crippen LogP contribution in [0.4, 0.5) is 0 Å². The molecule has 1 saturated heterocycles. The highest BCUT2D eigenvalue weighted by molar-refractivity contribution is 5.56. The summed E-state index contributed by atoms with van der Waals surface area (Å²) < 4.78 is 5.21. The molecule has 1 fully saturated rings. The molecule has 0 atom stereocenters. The number of nitrogens with one attached hydrogen (secondary N) is 1. The van der Waals surface area contributed by atoms with Crippen molar-refractivity contribution in [2.75, 3.05) is 20.2 Å². The highest BCUT2D eigenvalue weighted by Crippen LogP contribution is 2.28. The molecule has 30 heavy (non-hydrogen) atoms. The van der Waals surface area contributed by atoms with E-state index in [1.165, 1.54) is 0 Å². The van der Waals surface area contributed by atoms with Crippen LogP contribution in [-0.4, -0.2) is 45.0 Å². The van der Waals surface area contributed by atoms with Gasteiger partial charge in [-0.15, -0.1) is 0 Å². The van der Waals surface area contributed by atoms with Gasteiger partial charge in [-0.2, -0.15) is 0 Å². The number of hydrogen-bond acceptors (Lipinski definition) is 6. The summed E-state index contributed by atoms with van der Waals surface area (Å²) in [6.45, 7) is 4.85. The van der Waals surface area contributed by atoms with Crippen LogP contribution in [0, 0.1) is 0 Å². The number of likely N-dealkylation sites (tertiary alicyclic amines) is 1. The molecule has 1 aliphatic rings. The number of H-pyrrole nitrogens is 1. The van der Waals surface area contributed by atoms with E-state index in [1.807, 2.05) is 36.7 Å². The number of methoxy groups -OCH3 is 1. The zero-order chi connectivity index (χ0) is 20.9. The molecule has 0 unspecified atom stereocenters. The molecule has 3 aromatic rings. The number of rotatable bonds is 6. The van der Waals surface area contributed by atoms with Gasteiger partial charge < -0.3 is 9.72 Å². The predicted molar refractivity (Wildman–Crippen MR) is 116 cm³/mol. The number of benzene rings is 1. The Kier molecular flexibility index (Phi) is 6.18. The van der Waals surface area contributed by atoms with Crippen LogP contribution >= 0.6 is 0 Å². The van der Waals surface area contributed by atoms with Crippen molar-refractivity contribution in [2.24, 2.45) is 0 Å². The predicted octanol–water partition coefficient (Wildman–Crippen LogP) is 3.18. The molecular weight excluding hydrogens is 378 g/mol. The van der Waals surface area contributed by atoms with Crippen molar-refractivity contribution in [1.82, 2.24) is 24.8 Å². The third-order valence-electron chi connectivity index (χ3n) is 5.61. The number of ether oxygens (including phenoxy) is 1. The van der Waals surface area contributed by atoms with E-state index < -0.39 is 0 Å². The number of piperidine rings is 1. The summed E-state index contributed by atoms with van der Waals surface area (Å²) in [7, 11) is 1.63. The van der Waals surface area contributed by atoms with Crippen molar-refractivity contribution in [3.05, 3.63) is 70.2 Å². The Hall–Kier alpha value is -3.06. The van der Waals surface area contributed by atoms with E-state index in [-0.39, 0.29) is 5.56 Å². The Bertz CT molecular complexity index is 1020. The molecule has 1 N–H and O–H groups in total. The van der Waals surface area contributed by atoms with Crippen LogP contribution < -0.4 is 10.3 Å². The van der Waals surface area contributed by atoms with Crippen molar-refractivity contribution in [1.29, 1.82) is 0 Å². The molecule has 7 heteroatoms. The summed E-state index contributed by atoms with van der Waals surface area (Å²) >= 11 is 0. The summed E-state index contributed by atoms with van der Waals surface area (Å²) in [5, 5.41) is 0. The molecule has 3 heterocycles. The Labute approximate surface area is 176 Å². The molecule has 0 spiro atoms. The van der Waals surface area contributed by atoms with E-state index in [1.54, 1.807) is 13.2 Å². The number of aryl methyl sites for hydroxylation is 1. The second kappa shape index (κ2) is 9.17. The first-order valence-corrected chi connectivity index (χ1v) is 10.4. The maximum atomic E-state index is 12.3. The summed E-state index contributed by atoms with van der Waals surface area (Å²) in [5.74, 6) is 2.56. The van der Waals surface area contributed by atoms with E-state index in [2.05, 4.69) is 26.8 Å². The minimum absolute atomic E-state index is 0.110. The quantitative estimate of drug-likeness (QED) is 0.678. The fourth-order valence-corrected chi connectivity index (χ4v) is 3.86. The summed E-state index contributed by atoms with van der Waals surface area (Å²) in [4.78, 5) is 31.1. The molecule has 7 nitrogen and oxygen atoms in total. The molecule has 2 aromatic heterocycles. The van der Waals surface area contributed by atoms with Crippen LogP contribution in [0.2, 0.25) is 0 Å². The van der Waals surface area contributed by atoms with E-state index >= 15 is 0 Å². The second-order valence-electron chi connectivity index (χ2n) is 7.66. The fourth-order valence-electron chi connectivity index (χ4n) is 3.86. The maximum absolute atomic E-state index is 12.3. The minimum Gasteiger partial charge on any atom is -0.497 e. The number of aromatic nitrogens is 4. The van der Waals surface area contributed by atoms with Gasteiger partial charge in [0.1, 0.15) is 17.4 Å². The van der Waals surface area contributed by atoms with Gasteiger partial charge in [-0.05, 0) is 50.2 Å². The van der Waals surface area contributed by atoms with Crippen LogP contribution in [0.5, 0.6) is 5.75 Å². The molecule has 4 rings (SSSR count). The van der Waals surface area contributed by atoms with E-state index in [0.717, 1.165) is 67.3 Å². The smallest absolute Gasteiger partial charge is 0.251 e. The Morgan fingerprint density at radius 3 is 2.47 bits per heavy atom. The molecule has 1 aromatic carbocycles. The van der Waals surface area contributed by atoms with Gasteiger partial charge in [-0.25, -0.2) is 15.0 Å². The number of aromatic amines is 1. The van der Waals surface area contributed by atoms with Crippen molar-refractivity contribution < 1.29 is 4.74 Å². The Morgan fingerprint density at radius 1 is 1.13 bits per heavy atom. The zero-order valence-corrected chi connectivity index (χ0v) is 17.5. The van der Waals surface area contributed by atoms with Crippen LogP contribution in [0.15, 0.2) is 47.5 Å². The van der Waals surface area contributed by atoms with Gasteiger partial charge in [0.15, 0.2) is 0 Å². The average molecular weight is 406 g/mol. The summed E-state index contributed by atoms with van der Waals surface area (Å²) in [6.07, 6.45) is 6.67. The SMILES string of the molecule is CCc1ncc(CN2CCC(c3cc(=O)[nH]c(-c4ccc(OC)cc4)n3)CC2)cn1. The lowest BCUT2D eigenvalue weighted by atomic mass is 9.93. The van der Waals surface area contributed by atoms with Gasteiger partial charge in [0.05, 0.1) is 12.8 Å². The zero-order valence-electron chi connectivity index (χ0n) is 17.5. The van der Waals surface area contributed by atoms with Crippen molar-refractivity contribution in [3.8, 4) is 17.1 Å².